The first-order chi connectivity index (χ1) is 9.63. The molecule has 1 N–H and O–H groups in total. The van der Waals surface area contributed by atoms with Gasteiger partial charge < -0.3 is 10.0 Å². The van der Waals surface area contributed by atoms with E-state index in [0.29, 0.717) is 45.0 Å². The monoisotopic (exact) mass is 300 g/mol. The zero-order valence-corrected chi connectivity index (χ0v) is 12.2. The molecule has 1 fully saturated rings. The molecule has 0 aromatic carbocycles. The molecule has 1 aliphatic heterocycles. The molecule has 20 heavy (non-hydrogen) atoms. The third-order valence-corrected chi connectivity index (χ3v) is 5.23. The second kappa shape index (κ2) is 6.96. The van der Waals surface area contributed by atoms with Crippen molar-refractivity contribution in [2.75, 3.05) is 43.4 Å². The van der Waals surface area contributed by atoms with Crippen LogP contribution in [0.3, 0.4) is 0 Å². The van der Waals surface area contributed by atoms with Crippen LogP contribution in [0.2, 0.25) is 0 Å². The minimum absolute atomic E-state index is 0.0364. The van der Waals surface area contributed by atoms with Gasteiger partial charge in [0.25, 0.3) is 0 Å². The maximum Gasteiger partial charge on any atom is 0.225 e. The lowest BCUT2D eigenvalue weighted by Gasteiger charge is -2.33. The number of hydrogen-bond acceptors (Lipinski definition) is 6. The number of aliphatic hydroxyl groups excluding tert-OH is 1. The standard InChI is InChI=1S/C12H20N4O3S/c17-10-1-2-11-20(18,19)16-8-6-15(7-9-16)12-13-4-3-5-14-12/h3-5,17H,1-2,6-11H2. The maximum absolute atomic E-state index is 12.1. The van der Waals surface area contributed by atoms with E-state index >= 15 is 0 Å². The lowest BCUT2D eigenvalue weighted by atomic mass is 10.4. The van der Waals surface area contributed by atoms with Gasteiger partial charge in [-0.2, -0.15) is 4.31 Å². The topological polar surface area (TPSA) is 86.6 Å². The van der Waals surface area contributed by atoms with Crippen LogP contribution in [0, 0.1) is 0 Å². The van der Waals surface area contributed by atoms with Crippen LogP contribution in [0.1, 0.15) is 12.8 Å². The van der Waals surface area contributed by atoms with E-state index < -0.39 is 10.0 Å². The quantitative estimate of drug-likeness (QED) is 0.726. The number of nitrogens with zero attached hydrogens (tertiary/aromatic N) is 4. The Balaban J connectivity index is 1.88. The molecule has 0 radical (unpaired) electrons. The number of piperazine rings is 1. The number of unbranched alkanes of at least 4 members (excludes halogenated alkanes) is 1. The first-order valence-corrected chi connectivity index (χ1v) is 8.35. The van der Waals surface area contributed by atoms with Crippen molar-refractivity contribution in [3.63, 3.8) is 0 Å². The van der Waals surface area contributed by atoms with Gasteiger partial charge in [-0.1, -0.05) is 0 Å². The molecule has 7 nitrogen and oxygen atoms in total. The van der Waals surface area contributed by atoms with Gasteiger partial charge in [0, 0.05) is 45.2 Å². The fourth-order valence-corrected chi connectivity index (χ4v) is 3.69. The first kappa shape index (κ1) is 15.1. The van der Waals surface area contributed by atoms with E-state index in [-0.39, 0.29) is 12.4 Å². The zero-order valence-electron chi connectivity index (χ0n) is 11.3. The smallest absolute Gasteiger partial charge is 0.225 e. The maximum atomic E-state index is 12.1. The number of sulfonamides is 1. The molecule has 0 atom stereocenters. The average Bonchev–Trinajstić information content (AvgIpc) is 2.48. The summed E-state index contributed by atoms with van der Waals surface area (Å²) in [5, 5.41) is 8.71. The first-order valence-electron chi connectivity index (χ1n) is 6.74. The van der Waals surface area contributed by atoms with Gasteiger partial charge in [0.1, 0.15) is 0 Å². The Bertz CT molecular complexity index is 501. The summed E-state index contributed by atoms with van der Waals surface area (Å²) in [4.78, 5) is 10.3. The van der Waals surface area contributed by atoms with Crippen LogP contribution >= 0.6 is 0 Å². The van der Waals surface area contributed by atoms with Crippen molar-refractivity contribution in [1.82, 2.24) is 14.3 Å². The Morgan fingerprint density at radius 1 is 1.10 bits per heavy atom. The number of aliphatic hydroxyl groups is 1. The summed E-state index contributed by atoms with van der Waals surface area (Å²) in [6.07, 6.45) is 4.39. The zero-order chi connectivity index (χ0) is 14.4. The Labute approximate surface area is 119 Å². The molecule has 112 valence electrons. The number of rotatable bonds is 6. The van der Waals surface area contributed by atoms with Crippen LogP contribution in [0.4, 0.5) is 5.95 Å². The molecule has 1 aromatic rings. The van der Waals surface area contributed by atoms with E-state index in [0.717, 1.165) is 0 Å². The van der Waals surface area contributed by atoms with Gasteiger partial charge in [0.2, 0.25) is 16.0 Å². The van der Waals surface area contributed by atoms with Gasteiger partial charge in [0.15, 0.2) is 0 Å². The van der Waals surface area contributed by atoms with Crippen molar-refractivity contribution in [3.05, 3.63) is 18.5 Å². The van der Waals surface area contributed by atoms with Crippen LogP contribution in [0.25, 0.3) is 0 Å². The van der Waals surface area contributed by atoms with Gasteiger partial charge in [-0.3, -0.25) is 0 Å². The van der Waals surface area contributed by atoms with Crippen molar-refractivity contribution >= 4 is 16.0 Å². The minimum atomic E-state index is -3.21. The lowest BCUT2D eigenvalue weighted by Crippen LogP contribution is -2.49. The second-order valence-electron chi connectivity index (χ2n) is 4.68. The normalized spacial score (nSPS) is 17.4. The van der Waals surface area contributed by atoms with Crippen molar-refractivity contribution in [2.24, 2.45) is 0 Å². The Morgan fingerprint density at radius 2 is 1.75 bits per heavy atom. The van der Waals surface area contributed by atoms with Crippen LogP contribution in [-0.4, -0.2) is 66.3 Å². The summed E-state index contributed by atoms with van der Waals surface area (Å²) in [5.41, 5.74) is 0. The lowest BCUT2D eigenvalue weighted by molar-refractivity contribution is 0.286. The largest absolute Gasteiger partial charge is 0.396 e. The minimum Gasteiger partial charge on any atom is -0.396 e. The third kappa shape index (κ3) is 3.87. The van der Waals surface area contributed by atoms with Gasteiger partial charge in [-0.05, 0) is 18.9 Å². The molecular formula is C12H20N4O3S. The fraction of sp³-hybridized carbons (Fsp3) is 0.667. The summed E-state index contributed by atoms with van der Waals surface area (Å²) in [7, 11) is -3.21. The Kier molecular flexibility index (Phi) is 5.27. The van der Waals surface area contributed by atoms with Crippen molar-refractivity contribution in [3.8, 4) is 0 Å². The molecule has 0 saturated carbocycles. The summed E-state index contributed by atoms with van der Waals surface area (Å²) >= 11 is 0. The molecule has 0 bridgehead atoms. The summed E-state index contributed by atoms with van der Waals surface area (Å²) in [6, 6.07) is 1.76. The average molecular weight is 300 g/mol. The Morgan fingerprint density at radius 3 is 2.35 bits per heavy atom. The van der Waals surface area contributed by atoms with Crippen LogP contribution in [-0.2, 0) is 10.0 Å². The highest BCUT2D eigenvalue weighted by atomic mass is 32.2. The van der Waals surface area contributed by atoms with E-state index in [2.05, 4.69) is 9.97 Å². The molecule has 2 rings (SSSR count). The number of aromatic nitrogens is 2. The molecular weight excluding hydrogens is 280 g/mol. The van der Waals surface area contributed by atoms with Gasteiger partial charge in [0.05, 0.1) is 5.75 Å². The number of anilines is 1. The molecule has 0 unspecified atom stereocenters. The predicted molar refractivity (Wildman–Crippen MR) is 75.9 cm³/mol. The van der Waals surface area contributed by atoms with Crippen LogP contribution in [0.15, 0.2) is 18.5 Å². The summed E-state index contributed by atoms with van der Waals surface area (Å²) < 4.78 is 25.7. The molecule has 1 aliphatic rings. The van der Waals surface area contributed by atoms with Gasteiger partial charge >= 0.3 is 0 Å². The molecule has 0 amide bonds. The molecule has 8 heteroatoms. The van der Waals surface area contributed by atoms with Gasteiger partial charge in [-0.25, -0.2) is 18.4 Å². The van der Waals surface area contributed by atoms with Crippen LogP contribution in [0.5, 0.6) is 0 Å². The Hall–Kier alpha value is -1.25. The van der Waals surface area contributed by atoms with Crippen LogP contribution < -0.4 is 4.90 Å². The summed E-state index contributed by atoms with van der Waals surface area (Å²) in [5.74, 6) is 0.750. The SMILES string of the molecule is O=S(=O)(CCCCO)N1CCN(c2ncccn2)CC1. The predicted octanol–water partition coefficient (Wildman–Crippen LogP) is -0.299. The highest BCUT2D eigenvalue weighted by Gasteiger charge is 2.27. The molecule has 1 aromatic heterocycles. The third-order valence-electron chi connectivity index (χ3n) is 3.28. The van der Waals surface area contributed by atoms with Crippen molar-refractivity contribution in [1.29, 1.82) is 0 Å². The molecule has 0 aliphatic carbocycles. The molecule has 2 heterocycles. The highest BCUT2D eigenvalue weighted by molar-refractivity contribution is 7.89. The van der Waals surface area contributed by atoms with Gasteiger partial charge in [-0.15, -0.1) is 0 Å². The molecule has 0 spiro atoms. The van der Waals surface area contributed by atoms with E-state index in [1.165, 1.54) is 4.31 Å². The van der Waals surface area contributed by atoms with E-state index in [9.17, 15) is 8.42 Å². The van der Waals surface area contributed by atoms with Crippen molar-refractivity contribution < 1.29 is 13.5 Å². The fourth-order valence-electron chi connectivity index (χ4n) is 2.15. The van der Waals surface area contributed by atoms with Crippen molar-refractivity contribution in [2.45, 2.75) is 12.8 Å². The second-order valence-corrected chi connectivity index (χ2v) is 6.77. The highest BCUT2D eigenvalue weighted by Crippen LogP contribution is 2.13. The van der Waals surface area contributed by atoms with E-state index in [4.69, 9.17) is 5.11 Å². The van der Waals surface area contributed by atoms with E-state index in [1.807, 2.05) is 4.90 Å². The molecule has 1 saturated heterocycles. The summed E-state index contributed by atoms with van der Waals surface area (Å²) in [6.45, 7) is 2.15. The number of hydrogen-bond donors (Lipinski definition) is 1. The van der Waals surface area contributed by atoms with E-state index in [1.54, 1.807) is 18.5 Å².